The molecule has 0 bridgehead atoms. The second kappa shape index (κ2) is 9.81. The molecule has 0 spiro atoms. The van der Waals surface area contributed by atoms with Gasteiger partial charge in [-0.15, -0.1) is 0 Å². The fraction of sp³-hybridized carbons (Fsp3) is 0.333. The number of alkyl halides is 3. The molecule has 2 N–H and O–H groups in total. The molecule has 2 aromatic carbocycles. The minimum absolute atomic E-state index is 0.0961. The molecule has 0 atom stereocenters. The number of anilines is 4. The van der Waals surface area contributed by atoms with E-state index in [0.717, 1.165) is 31.0 Å². The number of rotatable bonds is 8. The highest BCUT2D eigenvalue weighted by molar-refractivity contribution is 5.65. The number of para-hydroxylation sites is 1. The Bertz CT molecular complexity index is 998. The molecule has 1 heterocycles. The van der Waals surface area contributed by atoms with Gasteiger partial charge in [-0.05, 0) is 48.1 Å². The lowest BCUT2D eigenvalue weighted by molar-refractivity contribution is -0.137. The molecule has 0 fully saturated rings. The molecule has 0 aliphatic carbocycles. The number of nitrogens with one attached hydrogen (secondary N) is 2. The van der Waals surface area contributed by atoms with Crippen molar-refractivity contribution in [3.63, 3.8) is 0 Å². The fourth-order valence-electron chi connectivity index (χ4n) is 3.18. The Morgan fingerprint density at radius 2 is 1.68 bits per heavy atom. The third-order valence-electron chi connectivity index (χ3n) is 5.00. The number of unbranched alkanes of at least 4 members (excludes halogenated alkanes) is 1. The van der Waals surface area contributed by atoms with Crippen molar-refractivity contribution in [2.75, 3.05) is 10.6 Å². The summed E-state index contributed by atoms with van der Waals surface area (Å²) >= 11 is 0. The van der Waals surface area contributed by atoms with Gasteiger partial charge in [-0.3, -0.25) is 0 Å². The molecule has 0 unspecified atom stereocenters. The molecule has 31 heavy (non-hydrogen) atoms. The van der Waals surface area contributed by atoms with Crippen molar-refractivity contribution < 1.29 is 13.2 Å². The van der Waals surface area contributed by atoms with Crippen LogP contribution in [0.1, 0.15) is 56.2 Å². The van der Waals surface area contributed by atoms with Crippen molar-refractivity contribution in [3.8, 4) is 0 Å². The number of halogens is 3. The van der Waals surface area contributed by atoms with Crippen molar-refractivity contribution in [1.82, 2.24) is 9.97 Å². The number of benzene rings is 2. The third-order valence-corrected chi connectivity index (χ3v) is 5.00. The first-order chi connectivity index (χ1) is 14.8. The number of aromatic nitrogens is 2. The van der Waals surface area contributed by atoms with E-state index in [1.807, 2.05) is 36.4 Å². The summed E-state index contributed by atoms with van der Waals surface area (Å²) < 4.78 is 40.8. The van der Waals surface area contributed by atoms with Crippen LogP contribution in [-0.2, 0) is 12.6 Å². The zero-order chi connectivity index (χ0) is 22.4. The van der Waals surface area contributed by atoms with E-state index in [1.54, 1.807) is 12.1 Å². The monoisotopic (exact) mass is 428 g/mol. The molecular formula is C24H27F3N4. The van der Waals surface area contributed by atoms with E-state index >= 15 is 0 Å². The Kier molecular flexibility index (Phi) is 7.15. The Morgan fingerprint density at radius 1 is 0.968 bits per heavy atom. The summed E-state index contributed by atoms with van der Waals surface area (Å²) in [6, 6.07) is 15.0. The summed E-state index contributed by atoms with van der Waals surface area (Å²) in [5, 5.41) is 5.89. The zero-order valence-corrected chi connectivity index (χ0v) is 17.9. The maximum atomic E-state index is 13.6. The Hall–Kier alpha value is -3.09. The third kappa shape index (κ3) is 5.96. The predicted molar refractivity (Wildman–Crippen MR) is 119 cm³/mol. The van der Waals surface area contributed by atoms with Crippen LogP contribution in [0.4, 0.5) is 36.3 Å². The summed E-state index contributed by atoms with van der Waals surface area (Å²) in [6.07, 6.45) is -1.03. The smallest absolute Gasteiger partial charge is 0.339 e. The molecule has 0 aliphatic rings. The van der Waals surface area contributed by atoms with Gasteiger partial charge in [0.05, 0.1) is 0 Å². The van der Waals surface area contributed by atoms with Crippen LogP contribution < -0.4 is 10.6 Å². The molecule has 7 heteroatoms. The molecule has 0 saturated heterocycles. The van der Waals surface area contributed by atoms with E-state index < -0.39 is 11.7 Å². The molecule has 4 nitrogen and oxygen atoms in total. The minimum Gasteiger partial charge on any atom is -0.339 e. The highest BCUT2D eigenvalue weighted by Gasteiger charge is 2.35. The van der Waals surface area contributed by atoms with Crippen LogP contribution >= 0.6 is 0 Å². The lowest BCUT2D eigenvalue weighted by Crippen LogP contribution is -2.13. The van der Waals surface area contributed by atoms with E-state index in [-0.39, 0.29) is 11.8 Å². The summed E-state index contributed by atoms with van der Waals surface area (Å²) in [4.78, 5) is 8.05. The highest BCUT2D eigenvalue weighted by Crippen LogP contribution is 2.36. The molecule has 0 amide bonds. The Morgan fingerprint density at radius 3 is 2.32 bits per heavy atom. The van der Waals surface area contributed by atoms with Gasteiger partial charge in [0.25, 0.3) is 0 Å². The number of aryl methyl sites for hydroxylation is 1. The first kappa shape index (κ1) is 22.6. The lowest BCUT2D eigenvalue weighted by Gasteiger charge is -2.17. The van der Waals surface area contributed by atoms with E-state index in [0.29, 0.717) is 17.3 Å². The van der Waals surface area contributed by atoms with Crippen LogP contribution in [0.2, 0.25) is 0 Å². The largest absolute Gasteiger partial charge is 0.421 e. The van der Waals surface area contributed by atoms with Gasteiger partial charge in [0, 0.05) is 17.6 Å². The normalized spacial score (nSPS) is 11.6. The van der Waals surface area contributed by atoms with Crippen LogP contribution in [0.15, 0.2) is 54.7 Å². The van der Waals surface area contributed by atoms with E-state index in [4.69, 9.17) is 0 Å². The van der Waals surface area contributed by atoms with Crippen molar-refractivity contribution in [3.05, 3.63) is 71.4 Å². The minimum atomic E-state index is -4.57. The SMILES string of the molecule is CCCCc1ccccc1Nc1nc(Nc2ccc(C(C)C)cc2)ncc1C(F)(F)F. The lowest BCUT2D eigenvalue weighted by atomic mass is 10.0. The van der Waals surface area contributed by atoms with Crippen molar-refractivity contribution in [1.29, 1.82) is 0 Å². The first-order valence-corrected chi connectivity index (χ1v) is 10.4. The van der Waals surface area contributed by atoms with E-state index in [2.05, 4.69) is 41.4 Å². The quantitative estimate of drug-likeness (QED) is 0.391. The summed E-state index contributed by atoms with van der Waals surface area (Å²) in [5.41, 5.74) is 2.55. The maximum absolute atomic E-state index is 13.6. The molecule has 3 rings (SSSR count). The van der Waals surface area contributed by atoms with E-state index in [9.17, 15) is 13.2 Å². The maximum Gasteiger partial charge on any atom is 0.421 e. The molecule has 0 aliphatic heterocycles. The highest BCUT2D eigenvalue weighted by atomic mass is 19.4. The fourth-order valence-corrected chi connectivity index (χ4v) is 3.18. The van der Waals surface area contributed by atoms with Crippen LogP contribution in [0.5, 0.6) is 0 Å². The summed E-state index contributed by atoms with van der Waals surface area (Å²) in [5.74, 6) is 0.214. The molecular weight excluding hydrogens is 401 g/mol. The predicted octanol–water partition coefficient (Wildman–Crippen LogP) is 7.45. The van der Waals surface area contributed by atoms with Gasteiger partial charge in [-0.25, -0.2) is 4.98 Å². The van der Waals surface area contributed by atoms with Crippen molar-refractivity contribution in [2.24, 2.45) is 0 Å². The van der Waals surface area contributed by atoms with Gasteiger partial charge >= 0.3 is 6.18 Å². The first-order valence-electron chi connectivity index (χ1n) is 10.4. The average Bonchev–Trinajstić information content (AvgIpc) is 2.73. The topological polar surface area (TPSA) is 49.8 Å². The van der Waals surface area contributed by atoms with Gasteiger partial charge in [0.2, 0.25) is 5.95 Å². The zero-order valence-electron chi connectivity index (χ0n) is 17.9. The average molecular weight is 429 g/mol. The second-order valence-electron chi connectivity index (χ2n) is 7.74. The van der Waals surface area contributed by atoms with Gasteiger partial charge in [-0.1, -0.05) is 57.5 Å². The Labute approximate surface area is 181 Å². The summed E-state index contributed by atoms with van der Waals surface area (Å²) in [7, 11) is 0. The molecule has 0 radical (unpaired) electrons. The van der Waals surface area contributed by atoms with Gasteiger partial charge in [0.15, 0.2) is 0 Å². The number of hydrogen-bond donors (Lipinski definition) is 2. The van der Waals surface area contributed by atoms with Crippen LogP contribution in [-0.4, -0.2) is 9.97 Å². The number of nitrogens with zero attached hydrogens (tertiary/aromatic N) is 2. The summed E-state index contributed by atoms with van der Waals surface area (Å²) in [6.45, 7) is 6.27. The molecule has 3 aromatic rings. The molecule has 164 valence electrons. The van der Waals surface area contributed by atoms with E-state index in [1.165, 1.54) is 5.56 Å². The van der Waals surface area contributed by atoms with Gasteiger partial charge < -0.3 is 10.6 Å². The van der Waals surface area contributed by atoms with Crippen LogP contribution in [0, 0.1) is 0 Å². The molecule has 1 aromatic heterocycles. The molecule has 0 saturated carbocycles. The van der Waals surface area contributed by atoms with Crippen molar-refractivity contribution >= 4 is 23.1 Å². The second-order valence-corrected chi connectivity index (χ2v) is 7.74. The van der Waals surface area contributed by atoms with Crippen LogP contribution in [0.3, 0.4) is 0 Å². The number of hydrogen-bond acceptors (Lipinski definition) is 4. The van der Waals surface area contributed by atoms with Gasteiger partial charge in [0.1, 0.15) is 11.4 Å². The van der Waals surface area contributed by atoms with Crippen LogP contribution in [0.25, 0.3) is 0 Å². The standard InChI is InChI=1S/C24H27F3N4/c1-4-5-8-18-9-6-7-10-21(18)30-22-20(24(25,26)27)15-28-23(31-22)29-19-13-11-17(12-14-19)16(2)3/h6-7,9-16H,4-5,8H2,1-3H3,(H2,28,29,30,31). The Balaban J connectivity index is 1.91. The van der Waals surface area contributed by atoms with Gasteiger partial charge in [-0.2, -0.15) is 18.2 Å². The van der Waals surface area contributed by atoms with Crippen molar-refractivity contribution in [2.45, 2.75) is 52.1 Å².